The van der Waals surface area contributed by atoms with E-state index in [-0.39, 0.29) is 17.9 Å². The van der Waals surface area contributed by atoms with Crippen LogP contribution in [0.5, 0.6) is 0 Å². The Balaban J connectivity index is 1.79. The summed E-state index contributed by atoms with van der Waals surface area (Å²) in [6, 6.07) is 0. The summed E-state index contributed by atoms with van der Waals surface area (Å²) in [5.41, 5.74) is 0. The Hall–Kier alpha value is -0.570. The van der Waals surface area contributed by atoms with E-state index < -0.39 is 0 Å². The van der Waals surface area contributed by atoms with Gasteiger partial charge in [0.1, 0.15) is 0 Å². The molecule has 2 fully saturated rings. The predicted molar refractivity (Wildman–Crippen MR) is 86.0 cm³/mol. The minimum Gasteiger partial charge on any atom is -0.393 e. The van der Waals surface area contributed by atoms with E-state index in [0.29, 0.717) is 5.91 Å². The first-order valence-corrected chi connectivity index (χ1v) is 9.12. The summed E-state index contributed by atoms with van der Waals surface area (Å²) >= 11 is 0. The van der Waals surface area contributed by atoms with Crippen LogP contribution < -0.4 is 0 Å². The molecule has 21 heavy (non-hydrogen) atoms. The molecule has 1 N–H and O–H groups in total. The van der Waals surface area contributed by atoms with Crippen LogP contribution in [0.25, 0.3) is 0 Å². The summed E-state index contributed by atoms with van der Waals surface area (Å²) in [5.74, 6) is 1.77. The zero-order chi connectivity index (χ0) is 15.2. The molecule has 122 valence electrons. The van der Waals surface area contributed by atoms with Crippen LogP contribution in [0.15, 0.2) is 0 Å². The standard InChI is InChI=1S/C18H33NO2/c1-3-5-6-14-7-9-16(10-8-14)18(21)19-12-11-17(20)15(4-2)13-19/h14-17,20H,3-13H2,1-2H3. The topological polar surface area (TPSA) is 40.5 Å². The van der Waals surface area contributed by atoms with E-state index in [9.17, 15) is 9.90 Å². The first-order chi connectivity index (χ1) is 10.2. The number of aliphatic hydroxyl groups is 1. The molecule has 0 aromatic carbocycles. The molecule has 3 heteroatoms. The van der Waals surface area contributed by atoms with E-state index in [1.807, 2.05) is 4.90 Å². The first-order valence-electron chi connectivity index (χ1n) is 9.12. The lowest BCUT2D eigenvalue weighted by Crippen LogP contribution is -2.48. The van der Waals surface area contributed by atoms with Crippen LogP contribution >= 0.6 is 0 Å². The summed E-state index contributed by atoms with van der Waals surface area (Å²) in [6.07, 6.45) is 10.2. The van der Waals surface area contributed by atoms with Gasteiger partial charge in [-0.2, -0.15) is 0 Å². The van der Waals surface area contributed by atoms with Crippen LogP contribution in [-0.4, -0.2) is 35.1 Å². The van der Waals surface area contributed by atoms with E-state index in [1.54, 1.807) is 0 Å². The molecule has 1 aliphatic carbocycles. The number of carbonyl (C=O) groups is 1. The van der Waals surface area contributed by atoms with Crippen molar-refractivity contribution in [1.29, 1.82) is 0 Å². The predicted octanol–water partition coefficient (Wildman–Crippen LogP) is 3.60. The monoisotopic (exact) mass is 295 g/mol. The Morgan fingerprint density at radius 3 is 2.48 bits per heavy atom. The van der Waals surface area contributed by atoms with Crippen molar-refractivity contribution in [3.63, 3.8) is 0 Å². The Labute approximate surface area is 130 Å². The molecule has 0 aromatic rings. The van der Waals surface area contributed by atoms with Crippen molar-refractivity contribution in [2.24, 2.45) is 17.8 Å². The third-order valence-electron chi connectivity index (χ3n) is 5.69. The molecular formula is C18H33NO2. The zero-order valence-electron chi connectivity index (χ0n) is 13.9. The normalized spacial score (nSPS) is 34.0. The molecule has 2 aliphatic rings. The van der Waals surface area contributed by atoms with Crippen molar-refractivity contribution < 1.29 is 9.90 Å². The fourth-order valence-corrected chi connectivity index (χ4v) is 4.07. The molecule has 2 rings (SSSR count). The van der Waals surface area contributed by atoms with Crippen LogP contribution in [0, 0.1) is 17.8 Å². The summed E-state index contributed by atoms with van der Waals surface area (Å²) in [6.45, 7) is 5.89. The summed E-state index contributed by atoms with van der Waals surface area (Å²) < 4.78 is 0. The van der Waals surface area contributed by atoms with Gasteiger partial charge in [0.2, 0.25) is 5.91 Å². The number of aliphatic hydroxyl groups excluding tert-OH is 1. The van der Waals surface area contributed by atoms with Crippen LogP contribution in [0.1, 0.15) is 71.6 Å². The van der Waals surface area contributed by atoms with Gasteiger partial charge in [0.25, 0.3) is 0 Å². The van der Waals surface area contributed by atoms with Crippen molar-refractivity contribution in [2.45, 2.75) is 77.7 Å². The number of hydrogen-bond acceptors (Lipinski definition) is 2. The maximum atomic E-state index is 12.7. The summed E-state index contributed by atoms with van der Waals surface area (Å²) in [7, 11) is 0. The highest BCUT2D eigenvalue weighted by atomic mass is 16.3. The molecular weight excluding hydrogens is 262 g/mol. The smallest absolute Gasteiger partial charge is 0.225 e. The lowest BCUT2D eigenvalue weighted by atomic mass is 9.79. The van der Waals surface area contributed by atoms with Crippen molar-refractivity contribution in [3.8, 4) is 0 Å². The van der Waals surface area contributed by atoms with E-state index in [4.69, 9.17) is 0 Å². The highest BCUT2D eigenvalue weighted by molar-refractivity contribution is 5.79. The number of hydrogen-bond donors (Lipinski definition) is 1. The second kappa shape index (κ2) is 8.17. The Bertz CT molecular complexity index is 323. The maximum absolute atomic E-state index is 12.7. The number of piperidine rings is 1. The van der Waals surface area contributed by atoms with Crippen LogP contribution in [0.4, 0.5) is 0 Å². The lowest BCUT2D eigenvalue weighted by molar-refractivity contribution is -0.140. The number of amides is 1. The number of unbranched alkanes of at least 4 members (excludes halogenated alkanes) is 1. The SMILES string of the molecule is CCCCC1CCC(C(=O)N2CCC(O)C(CC)C2)CC1. The zero-order valence-corrected chi connectivity index (χ0v) is 13.9. The van der Waals surface area contributed by atoms with E-state index >= 15 is 0 Å². The molecule has 1 saturated heterocycles. The van der Waals surface area contributed by atoms with Crippen LogP contribution in [0.2, 0.25) is 0 Å². The second-order valence-electron chi connectivity index (χ2n) is 7.17. The minimum atomic E-state index is -0.205. The fourth-order valence-electron chi connectivity index (χ4n) is 4.07. The molecule has 0 bridgehead atoms. The summed E-state index contributed by atoms with van der Waals surface area (Å²) in [5, 5.41) is 9.96. The number of rotatable bonds is 5. The van der Waals surface area contributed by atoms with Gasteiger partial charge >= 0.3 is 0 Å². The molecule has 1 saturated carbocycles. The van der Waals surface area contributed by atoms with Gasteiger partial charge in [-0.3, -0.25) is 4.79 Å². The van der Waals surface area contributed by atoms with Gasteiger partial charge in [0, 0.05) is 24.9 Å². The van der Waals surface area contributed by atoms with Crippen molar-refractivity contribution in [1.82, 2.24) is 4.90 Å². The molecule has 3 nitrogen and oxygen atoms in total. The molecule has 1 aliphatic heterocycles. The first kappa shape index (κ1) is 16.8. The number of nitrogens with zero attached hydrogens (tertiary/aromatic N) is 1. The van der Waals surface area contributed by atoms with Gasteiger partial charge in [-0.05, 0) is 44.4 Å². The Kier molecular flexibility index (Phi) is 6.53. The van der Waals surface area contributed by atoms with Crippen LogP contribution in [0.3, 0.4) is 0 Å². The van der Waals surface area contributed by atoms with Gasteiger partial charge in [-0.25, -0.2) is 0 Å². The molecule has 2 unspecified atom stereocenters. The maximum Gasteiger partial charge on any atom is 0.225 e. The number of likely N-dealkylation sites (tertiary alicyclic amines) is 1. The minimum absolute atomic E-state index is 0.205. The highest BCUT2D eigenvalue weighted by Crippen LogP contribution is 2.33. The fraction of sp³-hybridized carbons (Fsp3) is 0.944. The van der Waals surface area contributed by atoms with E-state index in [2.05, 4.69) is 13.8 Å². The van der Waals surface area contributed by atoms with Gasteiger partial charge in [-0.15, -0.1) is 0 Å². The Morgan fingerprint density at radius 2 is 1.86 bits per heavy atom. The number of carbonyl (C=O) groups excluding carboxylic acids is 1. The van der Waals surface area contributed by atoms with Crippen LogP contribution in [-0.2, 0) is 4.79 Å². The quantitative estimate of drug-likeness (QED) is 0.842. The average Bonchev–Trinajstić information content (AvgIpc) is 2.53. The Morgan fingerprint density at radius 1 is 1.14 bits per heavy atom. The third kappa shape index (κ3) is 4.45. The van der Waals surface area contributed by atoms with Gasteiger partial charge in [-0.1, -0.05) is 33.1 Å². The van der Waals surface area contributed by atoms with Crippen molar-refractivity contribution in [2.75, 3.05) is 13.1 Å². The van der Waals surface area contributed by atoms with E-state index in [1.165, 1.54) is 32.1 Å². The summed E-state index contributed by atoms with van der Waals surface area (Å²) in [4.78, 5) is 14.7. The second-order valence-corrected chi connectivity index (χ2v) is 7.17. The average molecular weight is 295 g/mol. The van der Waals surface area contributed by atoms with Gasteiger partial charge in [0.05, 0.1) is 6.10 Å². The molecule has 0 spiro atoms. The third-order valence-corrected chi connectivity index (χ3v) is 5.69. The molecule has 0 radical (unpaired) electrons. The van der Waals surface area contributed by atoms with E-state index in [0.717, 1.165) is 44.7 Å². The van der Waals surface area contributed by atoms with Crippen molar-refractivity contribution in [3.05, 3.63) is 0 Å². The highest BCUT2D eigenvalue weighted by Gasteiger charge is 2.34. The lowest BCUT2D eigenvalue weighted by Gasteiger charge is -2.39. The van der Waals surface area contributed by atoms with Gasteiger partial charge in [0.15, 0.2) is 0 Å². The molecule has 1 heterocycles. The van der Waals surface area contributed by atoms with Gasteiger partial charge < -0.3 is 10.0 Å². The van der Waals surface area contributed by atoms with Crippen molar-refractivity contribution >= 4 is 5.91 Å². The largest absolute Gasteiger partial charge is 0.393 e. The molecule has 0 aromatic heterocycles. The molecule has 2 atom stereocenters. The molecule has 1 amide bonds.